The van der Waals surface area contributed by atoms with Crippen molar-refractivity contribution in [1.82, 2.24) is 4.90 Å². The third-order valence-corrected chi connectivity index (χ3v) is 2.72. The van der Waals surface area contributed by atoms with Gasteiger partial charge in [0.2, 0.25) is 0 Å². The zero-order valence-corrected chi connectivity index (χ0v) is 10.6. The fourth-order valence-corrected chi connectivity index (χ4v) is 1.96. The van der Waals surface area contributed by atoms with Crippen LogP contribution in [0.15, 0.2) is 42.5 Å². The Morgan fingerprint density at radius 3 is 2.39 bits per heavy atom. The molecule has 3 heteroatoms. The fraction of sp³-hybridized carbons (Fsp3) is 0.200. The number of hydrogen-bond donors (Lipinski definition) is 2. The number of rotatable bonds is 3. The number of phenolic OH excluding ortho intramolecular Hbond substituents is 2. The molecule has 2 N–H and O–H groups in total. The highest BCUT2D eigenvalue weighted by atomic mass is 16.3. The molecule has 2 rings (SSSR count). The van der Waals surface area contributed by atoms with Crippen LogP contribution in [0.3, 0.4) is 0 Å². The van der Waals surface area contributed by atoms with Crippen molar-refractivity contribution >= 4 is 0 Å². The van der Waals surface area contributed by atoms with Gasteiger partial charge in [-0.2, -0.15) is 0 Å². The fourth-order valence-electron chi connectivity index (χ4n) is 1.96. The average molecular weight is 243 g/mol. The monoisotopic (exact) mass is 243 g/mol. The topological polar surface area (TPSA) is 43.7 Å². The maximum Gasteiger partial charge on any atom is 0.123 e. The van der Waals surface area contributed by atoms with Crippen molar-refractivity contribution in [3.63, 3.8) is 0 Å². The Morgan fingerprint density at radius 1 is 1.00 bits per heavy atom. The lowest BCUT2D eigenvalue weighted by atomic mass is 10.0. The van der Waals surface area contributed by atoms with Gasteiger partial charge in [0, 0.05) is 12.1 Å². The van der Waals surface area contributed by atoms with Gasteiger partial charge in [-0.25, -0.2) is 0 Å². The Kier molecular flexibility index (Phi) is 3.53. The summed E-state index contributed by atoms with van der Waals surface area (Å²) in [6.07, 6.45) is 0. The standard InChI is InChI=1S/C15H17NO2/c1-16(2)10-11-6-7-14(15(18)8-11)12-4-3-5-13(17)9-12/h3-9,17-18H,10H2,1-2H3. The number of hydrogen-bond acceptors (Lipinski definition) is 3. The van der Waals surface area contributed by atoms with Crippen LogP contribution in [-0.4, -0.2) is 29.2 Å². The van der Waals surface area contributed by atoms with Crippen molar-refractivity contribution in [2.45, 2.75) is 6.54 Å². The lowest BCUT2D eigenvalue weighted by Gasteiger charge is -2.12. The minimum atomic E-state index is 0.198. The van der Waals surface area contributed by atoms with Crippen molar-refractivity contribution in [2.75, 3.05) is 14.1 Å². The predicted molar refractivity (Wildman–Crippen MR) is 72.6 cm³/mol. The molecule has 94 valence electrons. The lowest BCUT2D eigenvalue weighted by Crippen LogP contribution is -2.10. The maximum absolute atomic E-state index is 10.0. The highest BCUT2D eigenvalue weighted by Crippen LogP contribution is 2.31. The molecule has 0 aliphatic heterocycles. The molecule has 2 aromatic rings. The van der Waals surface area contributed by atoms with Crippen LogP contribution in [0.4, 0.5) is 0 Å². The Labute approximate surface area is 107 Å². The third kappa shape index (κ3) is 2.81. The van der Waals surface area contributed by atoms with Crippen LogP contribution in [0.5, 0.6) is 11.5 Å². The molecule has 2 aromatic carbocycles. The third-order valence-electron chi connectivity index (χ3n) is 2.72. The molecule has 0 unspecified atom stereocenters. The van der Waals surface area contributed by atoms with E-state index in [0.717, 1.165) is 23.2 Å². The molecule has 0 heterocycles. The first-order valence-corrected chi connectivity index (χ1v) is 5.82. The zero-order chi connectivity index (χ0) is 13.1. The van der Waals surface area contributed by atoms with Crippen LogP contribution >= 0.6 is 0 Å². The first-order chi connectivity index (χ1) is 8.56. The van der Waals surface area contributed by atoms with Crippen LogP contribution in [0, 0.1) is 0 Å². The van der Waals surface area contributed by atoms with Crippen molar-refractivity contribution in [3.05, 3.63) is 48.0 Å². The largest absolute Gasteiger partial charge is 0.508 e. The Hall–Kier alpha value is -2.00. The Bertz CT molecular complexity index is 550. The van der Waals surface area contributed by atoms with Gasteiger partial charge >= 0.3 is 0 Å². The molecular formula is C15H17NO2. The van der Waals surface area contributed by atoms with E-state index in [9.17, 15) is 10.2 Å². The van der Waals surface area contributed by atoms with Gasteiger partial charge < -0.3 is 15.1 Å². The number of benzene rings is 2. The summed E-state index contributed by atoms with van der Waals surface area (Å²) >= 11 is 0. The number of nitrogens with zero attached hydrogens (tertiary/aromatic N) is 1. The first-order valence-electron chi connectivity index (χ1n) is 5.82. The highest BCUT2D eigenvalue weighted by molar-refractivity contribution is 5.71. The second kappa shape index (κ2) is 5.10. The summed E-state index contributed by atoms with van der Waals surface area (Å²) in [4.78, 5) is 2.04. The van der Waals surface area contributed by atoms with Gasteiger partial charge in [0.1, 0.15) is 11.5 Å². The van der Waals surface area contributed by atoms with Gasteiger partial charge in [-0.3, -0.25) is 0 Å². The normalized spacial score (nSPS) is 10.8. The van der Waals surface area contributed by atoms with Crippen molar-refractivity contribution in [3.8, 4) is 22.6 Å². The van der Waals surface area contributed by atoms with Crippen LogP contribution in [0.25, 0.3) is 11.1 Å². The second-order valence-corrected chi connectivity index (χ2v) is 4.64. The van der Waals surface area contributed by atoms with E-state index in [-0.39, 0.29) is 11.5 Å². The summed E-state index contributed by atoms with van der Waals surface area (Å²) < 4.78 is 0. The molecular weight excluding hydrogens is 226 g/mol. The van der Waals surface area contributed by atoms with E-state index in [4.69, 9.17) is 0 Å². The molecule has 0 saturated heterocycles. The molecule has 0 amide bonds. The van der Waals surface area contributed by atoms with Crippen LogP contribution in [0.1, 0.15) is 5.56 Å². The minimum Gasteiger partial charge on any atom is -0.508 e. The van der Waals surface area contributed by atoms with E-state index in [1.165, 1.54) is 0 Å². The number of aromatic hydroxyl groups is 2. The van der Waals surface area contributed by atoms with Gasteiger partial charge in [-0.15, -0.1) is 0 Å². The van der Waals surface area contributed by atoms with E-state index < -0.39 is 0 Å². The van der Waals surface area contributed by atoms with Crippen LogP contribution < -0.4 is 0 Å². The zero-order valence-electron chi connectivity index (χ0n) is 10.6. The van der Waals surface area contributed by atoms with Gasteiger partial charge in [0.05, 0.1) is 0 Å². The Morgan fingerprint density at radius 2 is 1.78 bits per heavy atom. The van der Waals surface area contributed by atoms with Crippen LogP contribution in [-0.2, 0) is 6.54 Å². The van der Waals surface area contributed by atoms with Gasteiger partial charge in [0.25, 0.3) is 0 Å². The molecule has 0 spiro atoms. The van der Waals surface area contributed by atoms with Crippen molar-refractivity contribution < 1.29 is 10.2 Å². The average Bonchev–Trinajstić information content (AvgIpc) is 2.28. The lowest BCUT2D eigenvalue weighted by molar-refractivity contribution is 0.400. The highest BCUT2D eigenvalue weighted by Gasteiger charge is 2.06. The number of phenols is 2. The van der Waals surface area contributed by atoms with E-state index in [2.05, 4.69) is 0 Å². The predicted octanol–water partition coefficient (Wildman–Crippen LogP) is 2.83. The van der Waals surface area contributed by atoms with Gasteiger partial charge in [-0.05, 0) is 43.4 Å². The molecule has 0 bridgehead atoms. The molecule has 18 heavy (non-hydrogen) atoms. The summed E-state index contributed by atoms with van der Waals surface area (Å²) in [6, 6.07) is 12.5. The van der Waals surface area contributed by atoms with Crippen LogP contribution in [0.2, 0.25) is 0 Å². The summed E-state index contributed by atoms with van der Waals surface area (Å²) in [5, 5.41) is 19.5. The minimum absolute atomic E-state index is 0.198. The van der Waals surface area contributed by atoms with E-state index in [0.29, 0.717) is 0 Å². The summed E-state index contributed by atoms with van der Waals surface area (Å²) in [6.45, 7) is 0.786. The van der Waals surface area contributed by atoms with E-state index in [1.807, 2.05) is 37.2 Å². The summed E-state index contributed by atoms with van der Waals surface area (Å²) in [5.74, 6) is 0.434. The molecule has 0 atom stereocenters. The van der Waals surface area contributed by atoms with Gasteiger partial charge in [0.15, 0.2) is 0 Å². The molecule has 0 saturated carbocycles. The maximum atomic E-state index is 10.0. The van der Waals surface area contributed by atoms with Crippen molar-refractivity contribution in [1.29, 1.82) is 0 Å². The summed E-state index contributed by atoms with van der Waals surface area (Å²) in [5.41, 5.74) is 2.60. The summed E-state index contributed by atoms with van der Waals surface area (Å²) in [7, 11) is 3.97. The second-order valence-electron chi connectivity index (χ2n) is 4.64. The van der Waals surface area contributed by atoms with E-state index in [1.54, 1.807) is 24.3 Å². The molecule has 0 aromatic heterocycles. The van der Waals surface area contributed by atoms with Crippen molar-refractivity contribution in [2.24, 2.45) is 0 Å². The Balaban J connectivity index is 2.35. The molecule has 0 fully saturated rings. The molecule has 3 nitrogen and oxygen atoms in total. The SMILES string of the molecule is CN(C)Cc1ccc(-c2cccc(O)c2)c(O)c1. The molecule has 0 radical (unpaired) electrons. The quantitative estimate of drug-likeness (QED) is 0.871. The van der Waals surface area contributed by atoms with Gasteiger partial charge in [-0.1, -0.05) is 24.3 Å². The first kappa shape index (κ1) is 12.5. The molecule has 0 aliphatic carbocycles. The smallest absolute Gasteiger partial charge is 0.123 e. The van der Waals surface area contributed by atoms with E-state index >= 15 is 0 Å². The molecule has 0 aliphatic rings.